The van der Waals surface area contributed by atoms with E-state index in [2.05, 4.69) is 9.88 Å². The summed E-state index contributed by atoms with van der Waals surface area (Å²) in [5.74, 6) is -0.881. The van der Waals surface area contributed by atoms with Gasteiger partial charge in [0.25, 0.3) is 0 Å². The van der Waals surface area contributed by atoms with Gasteiger partial charge in [0.05, 0.1) is 5.56 Å². The fourth-order valence-corrected chi connectivity index (χ4v) is 2.38. The van der Waals surface area contributed by atoms with Gasteiger partial charge in [-0.05, 0) is 38.1 Å². The van der Waals surface area contributed by atoms with Crippen molar-refractivity contribution >= 4 is 5.97 Å². The smallest absolute Gasteiger partial charge is 0.335 e. The van der Waals surface area contributed by atoms with E-state index in [0.29, 0.717) is 5.56 Å². The van der Waals surface area contributed by atoms with E-state index in [1.807, 2.05) is 0 Å². The maximum atomic E-state index is 10.9. The molecule has 0 saturated carbocycles. The van der Waals surface area contributed by atoms with Crippen LogP contribution in [0.1, 0.15) is 41.7 Å². The molecule has 0 unspecified atom stereocenters. The minimum Gasteiger partial charge on any atom is -0.478 e. The summed E-state index contributed by atoms with van der Waals surface area (Å²) in [5, 5.41) is 8.93. The van der Waals surface area contributed by atoms with Crippen LogP contribution in [0.3, 0.4) is 0 Å². The highest BCUT2D eigenvalue weighted by molar-refractivity contribution is 5.87. The molecule has 0 aliphatic carbocycles. The molecule has 0 radical (unpaired) electrons. The Morgan fingerprint density at radius 2 is 2.00 bits per heavy atom. The first kappa shape index (κ1) is 13.0. The number of carboxylic acid groups (broad SMARTS) is 1. The first-order chi connectivity index (χ1) is 8.75. The Morgan fingerprint density at radius 1 is 1.28 bits per heavy atom. The number of hydrogen-bond donors (Lipinski definition) is 1. The van der Waals surface area contributed by atoms with E-state index < -0.39 is 5.97 Å². The summed E-state index contributed by atoms with van der Waals surface area (Å²) in [6.45, 7) is 3.31. The highest BCUT2D eigenvalue weighted by Crippen LogP contribution is 2.10. The number of aromatic nitrogens is 1. The number of carbonyl (C=O) groups is 1. The Kier molecular flexibility index (Phi) is 4.70. The van der Waals surface area contributed by atoms with Gasteiger partial charge in [-0.25, -0.2) is 4.79 Å². The summed E-state index contributed by atoms with van der Waals surface area (Å²) >= 11 is 0. The fraction of sp³-hybridized carbons (Fsp3) is 0.571. The third kappa shape index (κ3) is 3.81. The van der Waals surface area contributed by atoms with E-state index in [9.17, 15) is 4.79 Å². The molecule has 1 aliphatic rings. The molecule has 1 aromatic rings. The van der Waals surface area contributed by atoms with Gasteiger partial charge in [-0.1, -0.05) is 12.8 Å². The van der Waals surface area contributed by atoms with Crippen LogP contribution in [0.15, 0.2) is 18.3 Å². The van der Waals surface area contributed by atoms with Gasteiger partial charge < -0.3 is 10.0 Å². The van der Waals surface area contributed by atoms with Gasteiger partial charge in [0, 0.05) is 24.9 Å². The molecule has 0 aromatic carbocycles. The number of likely N-dealkylation sites (tertiary alicyclic amines) is 1. The van der Waals surface area contributed by atoms with Crippen molar-refractivity contribution < 1.29 is 9.90 Å². The van der Waals surface area contributed by atoms with E-state index in [-0.39, 0.29) is 0 Å². The molecule has 98 valence electrons. The Labute approximate surface area is 108 Å². The van der Waals surface area contributed by atoms with Gasteiger partial charge >= 0.3 is 5.97 Å². The lowest BCUT2D eigenvalue weighted by Crippen LogP contribution is -2.27. The summed E-state index contributed by atoms with van der Waals surface area (Å²) < 4.78 is 0. The minimum atomic E-state index is -0.881. The van der Waals surface area contributed by atoms with Gasteiger partial charge in [0.15, 0.2) is 0 Å². The predicted molar refractivity (Wildman–Crippen MR) is 69.8 cm³/mol. The van der Waals surface area contributed by atoms with Crippen LogP contribution in [0, 0.1) is 0 Å². The second kappa shape index (κ2) is 6.50. The van der Waals surface area contributed by atoms with Gasteiger partial charge in [0.2, 0.25) is 0 Å². The zero-order valence-electron chi connectivity index (χ0n) is 10.6. The maximum Gasteiger partial charge on any atom is 0.335 e. The van der Waals surface area contributed by atoms with Crippen molar-refractivity contribution in [2.75, 3.05) is 19.6 Å². The molecule has 0 amide bonds. The number of carboxylic acids is 1. The lowest BCUT2D eigenvalue weighted by Gasteiger charge is -2.19. The number of hydrogen-bond acceptors (Lipinski definition) is 3. The van der Waals surface area contributed by atoms with Crippen LogP contribution in [0.25, 0.3) is 0 Å². The first-order valence-corrected chi connectivity index (χ1v) is 6.66. The van der Waals surface area contributed by atoms with E-state index >= 15 is 0 Å². The van der Waals surface area contributed by atoms with Crippen molar-refractivity contribution in [3.63, 3.8) is 0 Å². The molecular weight excluding hydrogens is 228 g/mol. The van der Waals surface area contributed by atoms with Crippen molar-refractivity contribution in [3.05, 3.63) is 29.6 Å². The first-order valence-electron chi connectivity index (χ1n) is 6.66. The van der Waals surface area contributed by atoms with Crippen molar-refractivity contribution in [3.8, 4) is 0 Å². The van der Waals surface area contributed by atoms with Gasteiger partial charge in [-0.15, -0.1) is 0 Å². The average Bonchev–Trinajstić information content (AvgIpc) is 2.65. The Morgan fingerprint density at radius 3 is 2.67 bits per heavy atom. The van der Waals surface area contributed by atoms with Crippen LogP contribution in [0.4, 0.5) is 0 Å². The highest BCUT2D eigenvalue weighted by Gasteiger charge is 2.10. The molecule has 2 rings (SSSR count). The van der Waals surface area contributed by atoms with Crippen molar-refractivity contribution in [1.29, 1.82) is 0 Å². The van der Waals surface area contributed by atoms with Crippen molar-refractivity contribution in [2.45, 2.75) is 32.1 Å². The molecule has 1 fully saturated rings. The molecule has 0 spiro atoms. The molecule has 2 heterocycles. The molecule has 1 N–H and O–H groups in total. The molecule has 18 heavy (non-hydrogen) atoms. The van der Waals surface area contributed by atoms with Crippen molar-refractivity contribution in [1.82, 2.24) is 9.88 Å². The van der Waals surface area contributed by atoms with Crippen LogP contribution in [-0.4, -0.2) is 40.6 Å². The highest BCUT2D eigenvalue weighted by atomic mass is 16.4. The SMILES string of the molecule is O=C(O)c1ccnc(CCN2CCCCCC2)c1. The summed E-state index contributed by atoms with van der Waals surface area (Å²) in [6.07, 6.45) is 7.65. The maximum absolute atomic E-state index is 10.9. The zero-order valence-corrected chi connectivity index (χ0v) is 10.6. The molecule has 1 aliphatic heterocycles. The number of rotatable bonds is 4. The lowest BCUT2D eigenvalue weighted by molar-refractivity contribution is 0.0696. The average molecular weight is 248 g/mol. The van der Waals surface area contributed by atoms with Crippen LogP contribution in [0.2, 0.25) is 0 Å². The second-order valence-corrected chi connectivity index (χ2v) is 4.85. The Bertz CT molecular complexity index is 399. The van der Waals surface area contributed by atoms with Crippen LogP contribution >= 0.6 is 0 Å². The summed E-state index contributed by atoms with van der Waals surface area (Å²) in [4.78, 5) is 17.6. The molecule has 0 atom stereocenters. The van der Waals surface area contributed by atoms with Crippen LogP contribution < -0.4 is 0 Å². The van der Waals surface area contributed by atoms with E-state index in [1.54, 1.807) is 12.3 Å². The predicted octanol–water partition coefficient (Wildman–Crippen LogP) is 2.20. The monoisotopic (exact) mass is 248 g/mol. The normalized spacial score (nSPS) is 17.3. The standard InChI is InChI=1S/C14H20N2O2/c17-14(18)12-5-7-15-13(11-12)6-10-16-8-3-1-2-4-9-16/h5,7,11H,1-4,6,8-10H2,(H,17,18). The number of aromatic carboxylic acids is 1. The molecule has 4 nitrogen and oxygen atoms in total. The van der Waals surface area contributed by atoms with Crippen molar-refractivity contribution in [2.24, 2.45) is 0 Å². The fourth-order valence-electron chi connectivity index (χ4n) is 2.38. The third-order valence-corrected chi connectivity index (χ3v) is 3.45. The van der Waals surface area contributed by atoms with E-state index in [4.69, 9.17) is 5.11 Å². The van der Waals surface area contributed by atoms with Gasteiger partial charge in [0.1, 0.15) is 0 Å². The molecule has 1 aromatic heterocycles. The van der Waals surface area contributed by atoms with Crippen LogP contribution in [0.5, 0.6) is 0 Å². The Balaban J connectivity index is 1.88. The topological polar surface area (TPSA) is 53.4 Å². The van der Waals surface area contributed by atoms with E-state index in [1.165, 1.54) is 44.8 Å². The largest absolute Gasteiger partial charge is 0.478 e. The third-order valence-electron chi connectivity index (χ3n) is 3.45. The Hall–Kier alpha value is -1.42. The number of pyridine rings is 1. The molecule has 4 heteroatoms. The van der Waals surface area contributed by atoms with Crippen LogP contribution in [-0.2, 0) is 6.42 Å². The van der Waals surface area contributed by atoms with Gasteiger partial charge in [-0.3, -0.25) is 4.98 Å². The molecule has 1 saturated heterocycles. The van der Waals surface area contributed by atoms with E-state index in [0.717, 1.165) is 18.7 Å². The van der Waals surface area contributed by atoms with Gasteiger partial charge in [-0.2, -0.15) is 0 Å². The summed E-state index contributed by atoms with van der Waals surface area (Å²) in [7, 11) is 0. The second-order valence-electron chi connectivity index (χ2n) is 4.85. The number of nitrogens with zero attached hydrogens (tertiary/aromatic N) is 2. The molecular formula is C14H20N2O2. The molecule has 0 bridgehead atoms. The quantitative estimate of drug-likeness (QED) is 0.887. The zero-order chi connectivity index (χ0) is 12.8. The lowest BCUT2D eigenvalue weighted by atomic mass is 10.2. The summed E-state index contributed by atoms with van der Waals surface area (Å²) in [6, 6.07) is 3.22. The summed E-state index contributed by atoms with van der Waals surface area (Å²) in [5.41, 5.74) is 1.20. The minimum absolute atomic E-state index is 0.330.